The average Bonchev–Trinajstić information content (AvgIpc) is 2.20. The molecule has 0 aliphatic heterocycles. The predicted molar refractivity (Wildman–Crippen MR) is 68.9 cm³/mol. The van der Waals surface area contributed by atoms with Gasteiger partial charge in [-0.2, -0.15) is 0 Å². The standard InChI is InChI=1S/C11H24N2O2S/c1-9(2)8-13-11(14)10(3)12-6-5-7-16(4)15/h9-10,12H,5-8H2,1-4H3,(H,13,14). The molecule has 5 heteroatoms. The highest BCUT2D eigenvalue weighted by Crippen LogP contribution is 1.90. The van der Waals surface area contributed by atoms with Crippen molar-refractivity contribution in [2.45, 2.75) is 33.2 Å². The van der Waals surface area contributed by atoms with E-state index < -0.39 is 10.8 Å². The monoisotopic (exact) mass is 248 g/mol. The Labute approximate surface area is 101 Å². The normalized spacial score (nSPS) is 14.8. The number of rotatable bonds is 8. The van der Waals surface area contributed by atoms with Gasteiger partial charge >= 0.3 is 0 Å². The fraction of sp³-hybridized carbons (Fsp3) is 0.909. The SMILES string of the molecule is CC(C)CNC(=O)C(C)NCCCS(C)=O. The summed E-state index contributed by atoms with van der Waals surface area (Å²) < 4.78 is 10.8. The molecule has 4 nitrogen and oxygen atoms in total. The topological polar surface area (TPSA) is 58.2 Å². The van der Waals surface area contributed by atoms with Crippen LogP contribution in [0.25, 0.3) is 0 Å². The van der Waals surface area contributed by atoms with E-state index in [0.717, 1.165) is 13.0 Å². The van der Waals surface area contributed by atoms with Gasteiger partial charge in [0.05, 0.1) is 6.04 Å². The Balaban J connectivity index is 3.59. The largest absolute Gasteiger partial charge is 0.354 e. The summed E-state index contributed by atoms with van der Waals surface area (Å²) in [6, 6.07) is -0.177. The van der Waals surface area contributed by atoms with Crippen LogP contribution < -0.4 is 10.6 Å². The highest BCUT2D eigenvalue weighted by Gasteiger charge is 2.11. The minimum absolute atomic E-state index is 0.0336. The predicted octanol–water partition coefficient (Wildman–Crippen LogP) is 0.505. The van der Waals surface area contributed by atoms with Gasteiger partial charge in [0.2, 0.25) is 5.91 Å². The summed E-state index contributed by atoms with van der Waals surface area (Å²) in [5, 5.41) is 5.99. The van der Waals surface area contributed by atoms with Crippen molar-refractivity contribution in [3.63, 3.8) is 0 Å². The van der Waals surface area contributed by atoms with E-state index in [1.807, 2.05) is 6.92 Å². The van der Waals surface area contributed by atoms with Gasteiger partial charge in [-0.1, -0.05) is 13.8 Å². The van der Waals surface area contributed by atoms with Crippen molar-refractivity contribution in [1.29, 1.82) is 0 Å². The molecule has 2 atom stereocenters. The molecule has 2 unspecified atom stereocenters. The Bertz CT molecular complexity index is 232. The Hall–Kier alpha value is -0.420. The van der Waals surface area contributed by atoms with Gasteiger partial charge in [0.25, 0.3) is 0 Å². The maximum atomic E-state index is 11.5. The summed E-state index contributed by atoms with van der Waals surface area (Å²) in [5.41, 5.74) is 0. The van der Waals surface area contributed by atoms with Crippen molar-refractivity contribution in [2.75, 3.05) is 25.1 Å². The number of hydrogen-bond acceptors (Lipinski definition) is 3. The lowest BCUT2D eigenvalue weighted by atomic mass is 10.2. The molecule has 0 rings (SSSR count). The van der Waals surface area contributed by atoms with Crippen molar-refractivity contribution >= 4 is 16.7 Å². The molecular weight excluding hydrogens is 224 g/mol. The van der Waals surface area contributed by atoms with Crippen molar-refractivity contribution in [1.82, 2.24) is 10.6 Å². The summed E-state index contributed by atoms with van der Waals surface area (Å²) in [6.45, 7) is 7.42. The van der Waals surface area contributed by atoms with E-state index >= 15 is 0 Å². The smallest absolute Gasteiger partial charge is 0.236 e. The maximum absolute atomic E-state index is 11.5. The average molecular weight is 248 g/mol. The van der Waals surface area contributed by atoms with Gasteiger partial charge in [-0.3, -0.25) is 9.00 Å². The van der Waals surface area contributed by atoms with Gasteiger partial charge in [-0.05, 0) is 25.8 Å². The lowest BCUT2D eigenvalue weighted by Gasteiger charge is -2.14. The molecule has 0 aliphatic carbocycles. The zero-order valence-corrected chi connectivity index (χ0v) is 11.5. The summed E-state index contributed by atoms with van der Waals surface area (Å²) in [4.78, 5) is 11.5. The van der Waals surface area contributed by atoms with E-state index in [9.17, 15) is 9.00 Å². The molecule has 0 spiro atoms. The van der Waals surface area contributed by atoms with Gasteiger partial charge in [-0.25, -0.2) is 0 Å². The van der Waals surface area contributed by atoms with Gasteiger partial charge in [0, 0.05) is 29.4 Å². The first-order chi connectivity index (χ1) is 7.43. The second-order valence-corrected chi connectivity index (χ2v) is 6.00. The van der Waals surface area contributed by atoms with E-state index in [1.54, 1.807) is 6.26 Å². The third-order valence-corrected chi connectivity index (χ3v) is 3.00. The van der Waals surface area contributed by atoms with Crippen LogP contribution >= 0.6 is 0 Å². The zero-order chi connectivity index (χ0) is 12.6. The second kappa shape index (κ2) is 8.70. The summed E-state index contributed by atoms with van der Waals surface area (Å²) >= 11 is 0. The molecule has 0 fully saturated rings. The molecule has 0 saturated heterocycles. The van der Waals surface area contributed by atoms with Crippen molar-refractivity contribution in [3.05, 3.63) is 0 Å². The minimum Gasteiger partial charge on any atom is -0.354 e. The summed E-state index contributed by atoms with van der Waals surface area (Å²) in [5.74, 6) is 1.19. The number of hydrogen-bond donors (Lipinski definition) is 2. The minimum atomic E-state index is -0.741. The first kappa shape index (κ1) is 15.6. The molecule has 16 heavy (non-hydrogen) atoms. The Kier molecular flexibility index (Phi) is 8.47. The number of carbonyl (C=O) groups excluding carboxylic acids is 1. The van der Waals surface area contributed by atoms with E-state index in [1.165, 1.54) is 0 Å². The van der Waals surface area contributed by atoms with Crippen LogP contribution in [0.2, 0.25) is 0 Å². The van der Waals surface area contributed by atoms with Gasteiger partial charge in [-0.15, -0.1) is 0 Å². The molecule has 0 aromatic heterocycles. The molecular formula is C11H24N2O2S. The third-order valence-electron chi connectivity index (χ3n) is 2.14. The molecule has 0 radical (unpaired) electrons. The second-order valence-electron chi connectivity index (χ2n) is 4.45. The first-order valence-corrected chi connectivity index (χ1v) is 7.47. The lowest BCUT2D eigenvalue weighted by molar-refractivity contribution is -0.122. The van der Waals surface area contributed by atoms with Crippen LogP contribution in [0.1, 0.15) is 27.2 Å². The van der Waals surface area contributed by atoms with E-state index in [-0.39, 0.29) is 11.9 Å². The molecule has 0 saturated carbocycles. The van der Waals surface area contributed by atoms with Gasteiger partial charge in [0.15, 0.2) is 0 Å². The number of carbonyl (C=O) groups is 1. The quantitative estimate of drug-likeness (QED) is 0.615. The molecule has 0 aromatic carbocycles. The summed E-state index contributed by atoms with van der Waals surface area (Å²) in [6.07, 6.45) is 2.53. The lowest BCUT2D eigenvalue weighted by Crippen LogP contribution is -2.43. The van der Waals surface area contributed by atoms with Crippen LogP contribution in [-0.2, 0) is 15.6 Å². The Morgan fingerprint density at radius 3 is 2.44 bits per heavy atom. The number of nitrogens with one attached hydrogen (secondary N) is 2. The van der Waals surface area contributed by atoms with Crippen LogP contribution in [0.3, 0.4) is 0 Å². The Morgan fingerprint density at radius 2 is 1.94 bits per heavy atom. The van der Waals surface area contributed by atoms with Crippen LogP contribution in [0.5, 0.6) is 0 Å². The molecule has 0 aliphatic rings. The molecule has 1 amide bonds. The van der Waals surface area contributed by atoms with Crippen LogP contribution in [0.4, 0.5) is 0 Å². The first-order valence-electron chi connectivity index (χ1n) is 5.74. The van der Waals surface area contributed by atoms with Crippen molar-refractivity contribution < 1.29 is 9.00 Å². The van der Waals surface area contributed by atoms with Crippen LogP contribution in [0, 0.1) is 5.92 Å². The molecule has 0 bridgehead atoms. The van der Waals surface area contributed by atoms with Crippen LogP contribution in [0.15, 0.2) is 0 Å². The third kappa shape index (κ3) is 8.85. The van der Waals surface area contributed by atoms with E-state index in [2.05, 4.69) is 24.5 Å². The van der Waals surface area contributed by atoms with Crippen molar-refractivity contribution in [3.8, 4) is 0 Å². The van der Waals surface area contributed by atoms with E-state index in [4.69, 9.17) is 0 Å². The number of amides is 1. The van der Waals surface area contributed by atoms with Gasteiger partial charge in [0.1, 0.15) is 0 Å². The highest BCUT2D eigenvalue weighted by atomic mass is 32.2. The van der Waals surface area contributed by atoms with Crippen LogP contribution in [-0.4, -0.2) is 41.3 Å². The van der Waals surface area contributed by atoms with E-state index in [0.29, 0.717) is 18.2 Å². The molecule has 0 aromatic rings. The van der Waals surface area contributed by atoms with Crippen molar-refractivity contribution in [2.24, 2.45) is 5.92 Å². The fourth-order valence-electron chi connectivity index (χ4n) is 1.14. The molecule has 96 valence electrons. The fourth-order valence-corrected chi connectivity index (χ4v) is 1.70. The molecule has 2 N–H and O–H groups in total. The molecule has 0 heterocycles. The zero-order valence-electron chi connectivity index (χ0n) is 10.7. The Morgan fingerprint density at radius 1 is 1.31 bits per heavy atom. The highest BCUT2D eigenvalue weighted by molar-refractivity contribution is 7.84. The summed E-state index contributed by atoms with van der Waals surface area (Å²) in [7, 11) is -0.741. The maximum Gasteiger partial charge on any atom is 0.236 e. The van der Waals surface area contributed by atoms with Gasteiger partial charge < -0.3 is 10.6 Å².